The fraction of sp³-hybridized carbons (Fsp3) is 0.129. The number of pyridine rings is 4. The first kappa shape index (κ1) is 27.7. The molecule has 0 radical (unpaired) electrons. The van der Waals surface area contributed by atoms with Crippen molar-refractivity contribution < 1.29 is 23.9 Å². The predicted molar refractivity (Wildman–Crippen MR) is 153 cm³/mol. The maximum Gasteiger partial charge on any atom is 0.339 e. The van der Waals surface area contributed by atoms with Gasteiger partial charge in [0.25, 0.3) is 0 Å². The molecular weight excluding hydrogens is 508 g/mol. The van der Waals surface area contributed by atoms with Gasteiger partial charge in [0.15, 0.2) is 0 Å². The minimum absolute atomic E-state index is 0.349. The highest BCUT2D eigenvalue weighted by Crippen LogP contribution is 2.23. The van der Waals surface area contributed by atoms with Gasteiger partial charge in [-0.05, 0) is 38.1 Å². The molecule has 0 fully saturated rings. The summed E-state index contributed by atoms with van der Waals surface area (Å²) in [6, 6.07) is 19.2. The van der Waals surface area contributed by atoms with Crippen molar-refractivity contribution in [1.82, 2.24) is 19.9 Å². The van der Waals surface area contributed by atoms with Crippen LogP contribution < -0.4 is 0 Å². The second-order valence-electron chi connectivity index (χ2n) is 8.31. The number of hydrogen-bond acceptors (Lipinski definition) is 9. The van der Waals surface area contributed by atoms with Gasteiger partial charge in [-0.1, -0.05) is 36.4 Å². The summed E-state index contributed by atoms with van der Waals surface area (Å²) >= 11 is 0. The molecule has 4 heterocycles. The summed E-state index contributed by atoms with van der Waals surface area (Å²) in [5.41, 5.74) is 4.21. The van der Waals surface area contributed by atoms with Gasteiger partial charge in [-0.3, -0.25) is 19.9 Å². The van der Waals surface area contributed by atoms with Crippen LogP contribution in [0.1, 0.15) is 34.6 Å². The third-order valence-corrected chi connectivity index (χ3v) is 5.87. The van der Waals surface area contributed by atoms with E-state index in [1.807, 2.05) is 55.3 Å². The number of hydrogen-bond donors (Lipinski definition) is 0. The Balaban J connectivity index is 0.000000174. The van der Waals surface area contributed by atoms with E-state index in [4.69, 9.17) is 14.3 Å². The molecule has 40 heavy (non-hydrogen) atoms. The van der Waals surface area contributed by atoms with Crippen LogP contribution in [0, 0.1) is 0 Å². The van der Waals surface area contributed by atoms with E-state index in [0.717, 1.165) is 43.6 Å². The lowest BCUT2D eigenvalue weighted by atomic mass is 10.1. The molecule has 0 amide bonds. The number of rotatable bonds is 4. The molecular formula is C31H26N4O5. The topological polar surface area (TPSA) is 121 Å². The number of carbonyl (C=O) groups is 3. The highest BCUT2D eigenvalue weighted by atomic mass is 16.5. The Morgan fingerprint density at radius 3 is 1.38 bits per heavy atom. The molecule has 9 nitrogen and oxygen atoms in total. The Morgan fingerprint density at radius 2 is 0.975 bits per heavy atom. The monoisotopic (exact) mass is 534 g/mol. The number of esters is 2. The Hall–Kier alpha value is -5.31. The number of nitrogens with zero attached hydrogens (tertiary/aromatic N) is 4. The molecule has 4 aromatic heterocycles. The van der Waals surface area contributed by atoms with Crippen molar-refractivity contribution in [2.45, 2.75) is 13.8 Å². The Labute approximate surface area is 229 Å². The van der Waals surface area contributed by atoms with E-state index in [0.29, 0.717) is 24.3 Å². The van der Waals surface area contributed by atoms with E-state index < -0.39 is 0 Å². The van der Waals surface area contributed by atoms with E-state index in [1.165, 1.54) is 12.4 Å². The van der Waals surface area contributed by atoms with Crippen LogP contribution in [0.5, 0.6) is 0 Å². The molecule has 200 valence electrons. The summed E-state index contributed by atoms with van der Waals surface area (Å²) in [4.78, 5) is 48.7. The second kappa shape index (κ2) is 13.0. The lowest BCUT2D eigenvalue weighted by Gasteiger charge is -2.05. The molecule has 6 rings (SSSR count). The van der Waals surface area contributed by atoms with Crippen molar-refractivity contribution >= 4 is 62.3 Å². The second-order valence-corrected chi connectivity index (χ2v) is 8.31. The van der Waals surface area contributed by atoms with Crippen LogP contribution in [0.3, 0.4) is 0 Å². The van der Waals surface area contributed by atoms with Gasteiger partial charge in [0.2, 0.25) is 0 Å². The van der Waals surface area contributed by atoms with Gasteiger partial charge in [-0.15, -0.1) is 0 Å². The molecule has 0 spiro atoms. The lowest BCUT2D eigenvalue weighted by Crippen LogP contribution is -2.05. The zero-order valence-corrected chi connectivity index (χ0v) is 22.0. The maximum atomic E-state index is 11.7. The number of benzene rings is 2. The first-order valence-corrected chi connectivity index (χ1v) is 12.5. The van der Waals surface area contributed by atoms with Crippen molar-refractivity contribution in [2.75, 3.05) is 13.2 Å². The van der Waals surface area contributed by atoms with E-state index in [9.17, 15) is 9.59 Å². The van der Waals surface area contributed by atoms with Gasteiger partial charge >= 0.3 is 11.9 Å². The zero-order valence-electron chi connectivity index (χ0n) is 22.0. The standard InChI is InChI=1S/2C15H12N2O2.CH2O/c2*1-2-19-15(18)12-8-11-6-5-10-4-3-7-16-13(10)14(11)17-9-12;1-2/h2*3-9H,2H2,1H3;1H2. The quantitative estimate of drug-likeness (QED) is 0.206. The Kier molecular flexibility index (Phi) is 8.99. The molecule has 0 unspecified atom stereocenters. The minimum atomic E-state index is -0.349. The molecule has 9 heteroatoms. The van der Waals surface area contributed by atoms with Gasteiger partial charge in [0, 0.05) is 46.3 Å². The van der Waals surface area contributed by atoms with E-state index in [1.54, 1.807) is 38.4 Å². The van der Waals surface area contributed by atoms with Gasteiger partial charge in [0.05, 0.1) is 46.4 Å². The highest BCUT2D eigenvalue weighted by molar-refractivity contribution is 6.05. The molecule has 0 saturated heterocycles. The fourth-order valence-corrected chi connectivity index (χ4v) is 4.12. The van der Waals surface area contributed by atoms with E-state index in [2.05, 4.69) is 19.9 Å². The fourth-order valence-electron chi connectivity index (χ4n) is 4.12. The third kappa shape index (κ3) is 5.88. The van der Waals surface area contributed by atoms with Gasteiger partial charge in [0.1, 0.15) is 6.79 Å². The number of ether oxygens (including phenoxy) is 2. The van der Waals surface area contributed by atoms with Crippen LogP contribution in [0.4, 0.5) is 0 Å². The average molecular weight is 535 g/mol. The normalized spacial score (nSPS) is 10.3. The molecule has 0 aliphatic rings. The van der Waals surface area contributed by atoms with Crippen molar-refractivity contribution in [3.05, 3.63) is 96.6 Å². The molecule has 0 saturated carbocycles. The van der Waals surface area contributed by atoms with Crippen LogP contribution >= 0.6 is 0 Å². The SMILES string of the molecule is C=O.CCOC(=O)c1cnc2c(ccc3cccnc32)c1.CCOC(=O)c1cnc2c(ccc3cccnc32)c1. The minimum Gasteiger partial charge on any atom is -0.462 e. The van der Waals surface area contributed by atoms with Gasteiger partial charge < -0.3 is 14.3 Å². The van der Waals surface area contributed by atoms with Crippen LogP contribution in [-0.2, 0) is 14.3 Å². The average Bonchev–Trinajstić information content (AvgIpc) is 3.02. The summed E-state index contributed by atoms with van der Waals surface area (Å²) in [6.45, 7) is 6.28. The van der Waals surface area contributed by atoms with Crippen LogP contribution in [0.25, 0.3) is 43.6 Å². The molecule has 0 N–H and O–H groups in total. The number of carbonyl (C=O) groups excluding carboxylic acids is 3. The summed E-state index contributed by atoms with van der Waals surface area (Å²) in [6.07, 6.45) is 6.55. The molecule has 0 bridgehead atoms. The van der Waals surface area contributed by atoms with Crippen LogP contribution in [-0.4, -0.2) is 51.9 Å². The van der Waals surface area contributed by atoms with Gasteiger partial charge in [-0.25, -0.2) is 9.59 Å². The molecule has 0 aliphatic heterocycles. The lowest BCUT2D eigenvalue weighted by molar-refractivity contribution is -0.0980. The molecule has 0 atom stereocenters. The largest absolute Gasteiger partial charge is 0.462 e. The first-order chi connectivity index (χ1) is 19.6. The predicted octanol–water partition coefficient (Wildman–Crippen LogP) is 5.73. The summed E-state index contributed by atoms with van der Waals surface area (Å²) in [5.74, 6) is -0.698. The number of aromatic nitrogens is 4. The molecule has 6 aromatic rings. The first-order valence-electron chi connectivity index (χ1n) is 12.5. The zero-order chi connectivity index (χ0) is 28.5. The van der Waals surface area contributed by atoms with E-state index in [-0.39, 0.29) is 11.9 Å². The summed E-state index contributed by atoms with van der Waals surface area (Å²) in [5, 5.41) is 3.84. The summed E-state index contributed by atoms with van der Waals surface area (Å²) in [7, 11) is 0. The summed E-state index contributed by atoms with van der Waals surface area (Å²) < 4.78 is 9.94. The van der Waals surface area contributed by atoms with Crippen molar-refractivity contribution in [2.24, 2.45) is 0 Å². The molecule has 0 aliphatic carbocycles. The maximum absolute atomic E-state index is 11.7. The smallest absolute Gasteiger partial charge is 0.339 e. The van der Waals surface area contributed by atoms with Crippen LogP contribution in [0.2, 0.25) is 0 Å². The van der Waals surface area contributed by atoms with Crippen LogP contribution in [0.15, 0.2) is 85.5 Å². The Bertz CT molecular complexity index is 1690. The van der Waals surface area contributed by atoms with E-state index >= 15 is 0 Å². The van der Waals surface area contributed by atoms with Crippen molar-refractivity contribution in [1.29, 1.82) is 0 Å². The third-order valence-electron chi connectivity index (χ3n) is 5.87. The van der Waals surface area contributed by atoms with Crippen molar-refractivity contribution in [3.63, 3.8) is 0 Å². The Morgan fingerprint density at radius 1 is 0.600 bits per heavy atom. The van der Waals surface area contributed by atoms with Crippen molar-refractivity contribution in [3.8, 4) is 0 Å². The number of fused-ring (bicyclic) bond motifs is 6. The highest BCUT2D eigenvalue weighted by Gasteiger charge is 2.11. The van der Waals surface area contributed by atoms with Gasteiger partial charge in [-0.2, -0.15) is 0 Å². The molecule has 2 aromatic carbocycles.